The fourth-order valence-electron chi connectivity index (χ4n) is 2.63. The van der Waals surface area contributed by atoms with Crippen LogP contribution in [0.2, 0.25) is 0 Å². The van der Waals surface area contributed by atoms with Gasteiger partial charge in [0.05, 0.1) is 5.69 Å². The van der Waals surface area contributed by atoms with Crippen molar-refractivity contribution in [2.45, 2.75) is 0 Å². The van der Waals surface area contributed by atoms with Crippen LogP contribution in [0.25, 0.3) is 6.08 Å². The maximum atomic E-state index is 13.6. The Morgan fingerprint density at radius 1 is 0.968 bits per heavy atom. The first-order valence-electron chi connectivity index (χ1n) is 9.30. The zero-order valence-corrected chi connectivity index (χ0v) is 16.3. The van der Waals surface area contributed by atoms with Gasteiger partial charge in [0.15, 0.2) is 6.61 Å². The van der Waals surface area contributed by atoms with Crippen molar-refractivity contribution < 1.29 is 18.7 Å². The normalized spacial score (nSPS) is 10.6. The van der Waals surface area contributed by atoms with Crippen LogP contribution < -0.4 is 15.4 Å². The molecule has 0 spiro atoms. The number of nitrogens with one attached hydrogen (secondary N) is 2. The van der Waals surface area contributed by atoms with Gasteiger partial charge >= 0.3 is 0 Å². The summed E-state index contributed by atoms with van der Waals surface area (Å²) in [7, 11) is 0. The Hall–Kier alpha value is -4.44. The van der Waals surface area contributed by atoms with E-state index in [0.29, 0.717) is 17.0 Å². The van der Waals surface area contributed by atoms with Crippen LogP contribution >= 0.6 is 0 Å². The zero-order valence-electron chi connectivity index (χ0n) is 16.3. The summed E-state index contributed by atoms with van der Waals surface area (Å²) in [5, 5.41) is 14.4. The minimum atomic E-state index is -0.541. The number of halogens is 1. The van der Waals surface area contributed by atoms with Crippen LogP contribution in [0.4, 0.5) is 15.8 Å². The van der Waals surface area contributed by atoms with Gasteiger partial charge in [-0.25, -0.2) is 4.39 Å². The summed E-state index contributed by atoms with van der Waals surface area (Å²) in [4.78, 5) is 24.3. The highest BCUT2D eigenvalue weighted by Gasteiger charge is 2.10. The molecule has 0 atom stereocenters. The van der Waals surface area contributed by atoms with Gasteiger partial charge in [0.25, 0.3) is 11.8 Å². The van der Waals surface area contributed by atoms with Gasteiger partial charge in [-0.1, -0.05) is 42.5 Å². The summed E-state index contributed by atoms with van der Waals surface area (Å²) in [6.07, 6.45) is 1.42. The third kappa shape index (κ3) is 6.27. The summed E-state index contributed by atoms with van der Waals surface area (Å²) in [6, 6.07) is 23.1. The largest absolute Gasteiger partial charge is 0.484 e. The highest BCUT2D eigenvalue weighted by molar-refractivity contribution is 6.09. The highest BCUT2D eigenvalue weighted by atomic mass is 19.1. The molecular weight excluding hydrogens is 397 g/mol. The second kappa shape index (κ2) is 10.4. The lowest BCUT2D eigenvalue weighted by molar-refractivity contribution is -0.118. The number of hydrogen-bond donors (Lipinski definition) is 2. The lowest BCUT2D eigenvalue weighted by atomic mass is 10.1. The molecule has 0 saturated heterocycles. The zero-order chi connectivity index (χ0) is 22.1. The first-order valence-corrected chi connectivity index (χ1v) is 9.30. The van der Waals surface area contributed by atoms with Gasteiger partial charge in [-0.05, 0) is 48.0 Å². The van der Waals surface area contributed by atoms with Crippen LogP contribution in [0, 0.1) is 17.1 Å². The molecule has 154 valence electrons. The number of amides is 2. The molecule has 0 aliphatic heterocycles. The number of rotatable bonds is 7. The maximum absolute atomic E-state index is 13.6. The molecule has 0 aromatic heterocycles. The fourth-order valence-corrected chi connectivity index (χ4v) is 2.63. The fraction of sp³-hybridized carbons (Fsp3) is 0.0417. The smallest absolute Gasteiger partial charge is 0.266 e. The molecular formula is C24H18FN3O3. The van der Waals surface area contributed by atoms with E-state index in [-0.39, 0.29) is 17.9 Å². The predicted molar refractivity (Wildman–Crippen MR) is 116 cm³/mol. The standard InChI is InChI=1S/C24H18FN3O3/c25-21-11-4-5-12-22(21)28-23(29)16-31-20-10-6-7-17(14-20)13-18(15-26)24(30)27-19-8-2-1-3-9-19/h1-14H,16H2,(H,27,30)(H,28,29)/b18-13+. The summed E-state index contributed by atoms with van der Waals surface area (Å²) >= 11 is 0. The Labute approximate surface area is 178 Å². The van der Waals surface area contributed by atoms with Crippen LogP contribution in [0.15, 0.2) is 84.4 Å². The van der Waals surface area contributed by atoms with Gasteiger partial charge in [0.1, 0.15) is 23.2 Å². The average Bonchev–Trinajstić information content (AvgIpc) is 2.78. The lowest BCUT2D eigenvalue weighted by Crippen LogP contribution is -2.20. The molecule has 0 unspecified atom stereocenters. The van der Waals surface area contributed by atoms with Gasteiger partial charge in [-0.3, -0.25) is 9.59 Å². The van der Waals surface area contributed by atoms with E-state index in [4.69, 9.17) is 4.74 Å². The van der Waals surface area contributed by atoms with Crippen molar-refractivity contribution in [3.8, 4) is 11.8 Å². The van der Waals surface area contributed by atoms with Gasteiger partial charge in [0, 0.05) is 5.69 Å². The van der Waals surface area contributed by atoms with Crippen molar-refractivity contribution >= 4 is 29.3 Å². The summed E-state index contributed by atoms with van der Waals surface area (Å²) in [5.41, 5.74) is 1.10. The SMILES string of the molecule is N#C/C(=C\c1cccc(OCC(=O)Nc2ccccc2F)c1)C(=O)Nc1ccccc1. The molecule has 3 aromatic carbocycles. The molecule has 0 saturated carbocycles. The third-order valence-electron chi connectivity index (χ3n) is 4.08. The molecule has 2 N–H and O–H groups in total. The van der Waals surface area contributed by atoms with E-state index in [1.54, 1.807) is 54.6 Å². The molecule has 0 heterocycles. The molecule has 0 bridgehead atoms. The van der Waals surface area contributed by atoms with Crippen molar-refractivity contribution in [3.05, 3.63) is 95.8 Å². The Kier molecular flexibility index (Phi) is 7.12. The van der Waals surface area contributed by atoms with E-state index in [1.807, 2.05) is 12.1 Å². The minimum Gasteiger partial charge on any atom is -0.484 e. The second-order valence-electron chi connectivity index (χ2n) is 6.38. The van der Waals surface area contributed by atoms with E-state index in [1.165, 1.54) is 24.3 Å². The van der Waals surface area contributed by atoms with Crippen molar-refractivity contribution in [1.82, 2.24) is 0 Å². The summed E-state index contributed by atoms with van der Waals surface area (Å²) in [5.74, 6) is -1.24. The number of nitriles is 1. The highest BCUT2D eigenvalue weighted by Crippen LogP contribution is 2.17. The Balaban J connectivity index is 1.63. The van der Waals surface area contributed by atoms with Crippen LogP contribution in [0.1, 0.15) is 5.56 Å². The Bertz CT molecular complexity index is 1150. The van der Waals surface area contributed by atoms with Gasteiger partial charge in [-0.15, -0.1) is 0 Å². The van der Waals surface area contributed by atoms with Gasteiger partial charge in [-0.2, -0.15) is 5.26 Å². The third-order valence-corrected chi connectivity index (χ3v) is 4.08. The Morgan fingerprint density at radius 3 is 2.45 bits per heavy atom. The number of carbonyl (C=O) groups is 2. The van der Waals surface area contributed by atoms with Crippen LogP contribution in [-0.4, -0.2) is 18.4 Å². The molecule has 7 heteroatoms. The van der Waals surface area contributed by atoms with Crippen molar-refractivity contribution in [1.29, 1.82) is 5.26 Å². The van der Waals surface area contributed by atoms with E-state index < -0.39 is 17.6 Å². The molecule has 3 aromatic rings. The number of anilines is 2. The second-order valence-corrected chi connectivity index (χ2v) is 6.38. The van der Waals surface area contributed by atoms with Gasteiger partial charge < -0.3 is 15.4 Å². The first-order chi connectivity index (χ1) is 15.0. The summed E-state index contributed by atoms with van der Waals surface area (Å²) in [6.45, 7) is -0.332. The van der Waals surface area contributed by atoms with Crippen molar-refractivity contribution in [3.63, 3.8) is 0 Å². The predicted octanol–water partition coefficient (Wildman–Crippen LogP) is 4.39. The van der Waals surface area contributed by atoms with E-state index >= 15 is 0 Å². The summed E-state index contributed by atoms with van der Waals surface area (Å²) < 4.78 is 19.0. The number of para-hydroxylation sites is 2. The average molecular weight is 415 g/mol. The number of nitrogens with zero attached hydrogens (tertiary/aromatic N) is 1. The number of ether oxygens (including phenoxy) is 1. The minimum absolute atomic E-state index is 0.0656. The topological polar surface area (TPSA) is 91.2 Å². The van der Waals surface area contributed by atoms with E-state index in [0.717, 1.165) is 0 Å². The number of benzene rings is 3. The van der Waals surface area contributed by atoms with E-state index in [2.05, 4.69) is 10.6 Å². The van der Waals surface area contributed by atoms with Gasteiger partial charge in [0.2, 0.25) is 0 Å². The molecule has 2 amide bonds. The number of carbonyl (C=O) groups excluding carboxylic acids is 2. The quantitative estimate of drug-likeness (QED) is 0.442. The maximum Gasteiger partial charge on any atom is 0.266 e. The molecule has 31 heavy (non-hydrogen) atoms. The molecule has 6 nitrogen and oxygen atoms in total. The lowest BCUT2D eigenvalue weighted by Gasteiger charge is -2.09. The molecule has 0 aliphatic carbocycles. The van der Waals surface area contributed by atoms with Crippen molar-refractivity contribution in [2.75, 3.05) is 17.2 Å². The molecule has 0 fully saturated rings. The number of hydrogen-bond acceptors (Lipinski definition) is 4. The van der Waals surface area contributed by atoms with Crippen LogP contribution in [-0.2, 0) is 9.59 Å². The van der Waals surface area contributed by atoms with E-state index in [9.17, 15) is 19.2 Å². The Morgan fingerprint density at radius 2 is 1.71 bits per heavy atom. The monoisotopic (exact) mass is 415 g/mol. The van der Waals surface area contributed by atoms with Crippen LogP contribution in [0.3, 0.4) is 0 Å². The first kappa shape index (κ1) is 21.3. The van der Waals surface area contributed by atoms with Crippen LogP contribution in [0.5, 0.6) is 5.75 Å². The molecule has 0 aliphatic rings. The van der Waals surface area contributed by atoms with Crippen molar-refractivity contribution in [2.24, 2.45) is 0 Å². The molecule has 3 rings (SSSR count). The molecule has 0 radical (unpaired) electrons.